The van der Waals surface area contributed by atoms with E-state index >= 15 is 0 Å². The Morgan fingerprint density at radius 1 is 1.22 bits per heavy atom. The minimum Gasteiger partial charge on any atom is -0.393 e. The first-order chi connectivity index (χ1) is 19.4. The van der Waals surface area contributed by atoms with Gasteiger partial charge in [0.05, 0.1) is 22.2 Å². The highest BCUT2D eigenvalue weighted by Crippen LogP contribution is 2.49. The van der Waals surface area contributed by atoms with Crippen molar-refractivity contribution < 1.29 is 23.1 Å². The van der Waals surface area contributed by atoms with Gasteiger partial charge in [-0.25, -0.2) is 4.79 Å². The first-order valence-electron chi connectivity index (χ1n) is 13.3. The van der Waals surface area contributed by atoms with E-state index in [1.54, 1.807) is 10.3 Å². The van der Waals surface area contributed by atoms with Gasteiger partial charge in [-0.05, 0) is 57.1 Å². The van der Waals surface area contributed by atoms with Crippen molar-refractivity contribution in [3.05, 3.63) is 51.2 Å². The maximum Gasteiger partial charge on any atom is 0.417 e. The van der Waals surface area contributed by atoms with E-state index in [4.69, 9.17) is 16.7 Å². The van der Waals surface area contributed by atoms with Crippen molar-refractivity contribution >= 4 is 57.3 Å². The Hall–Kier alpha value is -2.54. The van der Waals surface area contributed by atoms with Crippen molar-refractivity contribution in [1.82, 2.24) is 14.5 Å². The van der Waals surface area contributed by atoms with E-state index in [9.17, 15) is 22.8 Å². The molecule has 1 saturated heterocycles. The number of thioether (sulfide) groups is 1. The molecule has 4 heterocycles. The van der Waals surface area contributed by atoms with Crippen LogP contribution in [0.3, 0.4) is 0 Å². The molecule has 2 aromatic heterocycles. The lowest BCUT2D eigenvalue weighted by Crippen LogP contribution is -2.58. The smallest absolute Gasteiger partial charge is 0.393 e. The number of carbonyl (C=O) groups excluding carboxylic acids is 1. The van der Waals surface area contributed by atoms with Gasteiger partial charge in [0.1, 0.15) is 5.82 Å². The molecule has 2 fully saturated rings. The number of anilines is 1. The van der Waals surface area contributed by atoms with Gasteiger partial charge in [0, 0.05) is 57.8 Å². The lowest BCUT2D eigenvalue weighted by Gasteiger charge is -2.44. The minimum atomic E-state index is -4.64. The Morgan fingerprint density at radius 3 is 2.41 bits per heavy atom. The van der Waals surface area contributed by atoms with Crippen molar-refractivity contribution in [3.8, 4) is 10.4 Å². The summed E-state index contributed by atoms with van der Waals surface area (Å²) in [6.45, 7) is 8.31. The Kier molecular flexibility index (Phi) is 8.48. The predicted octanol–water partition coefficient (Wildman–Crippen LogP) is 6.05. The third-order valence-electron chi connectivity index (χ3n) is 7.28. The second-order valence-corrected chi connectivity index (χ2v) is 13.0. The van der Waals surface area contributed by atoms with Crippen molar-refractivity contribution in [3.63, 3.8) is 0 Å². The third-order valence-corrected chi connectivity index (χ3v) is 9.76. The van der Waals surface area contributed by atoms with E-state index in [2.05, 4.69) is 11.6 Å². The molecule has 1 aliphatic carbocycles. The summed E-state index contributed by atoms with van der Waals surface area (Å²) in [5.41, 5.74) is -0.754. The van der Waals surface area contributed by atoms with Crippen LogP contribution in [0.4, 0.5) is 19.0 Å². The van der Waals surface area contributed by atoms with E-state index in [1.807, 2.05) is 18.7 Å². The molecule has 3 aliphatic rings. The Morgan fingerprint density at radius 2 is 1.88 bits per heavy atom. The van der Waals surface area contributed by atoms with Gasteiger partial charge >= 0.3 is 11.9 Å². The zero-order chi connectivity index (χ0) is 29.6. The van der Waals surface area contributed by atoms with Crippen LogP contribution in [0.15, 0.2) is 39.9 Å². The molecule has 13 heteroatoms. The molecule has 7 nitrogen and oxygen atoms in total. The van der Waals surface area contributed by atoms with Gasteiger partial charge in [-0.15, -0.1) is 23.1 Å². The van der Waals surface area contributed by atoms with E-state index < -0.39 is 17.4 Å². The van der Waals surface area contributed by atoms with Crippen LogP contribution >= 0.6 is 34.7 Å². The van der Waals surface area contributed by atoms with E-state index in [1.165, 1.54) is 28.5 Å². The number of rotatable bonds is 3. The number of hydrogen-bond donors (Lipinski definition) is 1. The molecule has 41 heavy (non-hydrogen) atoms. The molecule has 1 amide bonds. The van der Waals surface area contributed by atoms with E-state index in [0.29, 0.717) is 52.1 Å². The number of nitrogens with zero attached hydrogens (tertiary/aromatic N) is 4. The van der Waals surface area contributed by atoms with Crippen LogP contribution in [0.1, 0.15) is 38.7 Å². The number of aliphatic hydroxyl groups is 1. The van der Waals surface area contributed by atoms with Gasteiger partial charge in [-0.2, -0.15) is 18.2 Å². The minimum absolute atomic E-state index is 0.0530. The molecular formula is C28H30ClF3N4O3S2. The summed E-state index contributed by atoms with van der Waals surface area (Å²) >= 11 is 8.58. The van der Waals surface area contributed by atoms with Gasteiger partial charge in [0.25, 0.3) is 0 Å². The van der Waals surface area contributed by atoms with Crippen LogP contribution in [0.5, 0.6) is 0 Å². The van der Waals surface area contributed by atoms with Crippen LogP contribution < -0.4 is 10.6 Å². The highest BCUT2D eigenvalue weighted by atomic mass is 35.5. The largest absolute Gasteiger partial charge is 0.417 e. The highest BCUT2D eigenvalue weighted by molar-refractivity contribution is 7.99. The number of alkyl halides is 3. The fraction of sp³-hybridized carbons (Fsp3) is 0.464. The van der Waals surface area contributed by atoms with Crippen LogP contribution in [0, 0.1) is 0 Å². The first kappa shape index (κ1) is 29.9. The van der Waals surface area contributed by atoms with Crippen LogP contribution in [0.2, 0.25) is 5.02 Å². The number of aromatic nitrogens is 2. The fourth-order valence-corrected chi connectivity index (χ4v) is 7.80. The molecule has 3 aromatic rings. The molecule has 2 unspecified atom stereocenters. The summed E-state index contributed by atoms with van der Waals surface area (Å²) in [6, 6.07) is 2.15. The fourth-order valence-electron chi connectivity index (χ4n) is 5.40. The molecule has 220 valence electrons. The lowest BCUT2D eigenvalue weighted by molar-refractivity contribution is -0.137. The van der Waals surface area contributed by atoms with Crippen molar-refractivity contribution in [2.75, 3.05) is 23.7 Å². The second kappa shape index (κ2) is 11.6. The molecular weight excluding hydrogens is 597 g/mol. The summed E-state index contributed by atoms with van der Waals surface area (Å²) < 4.78 is 45.2. The summed E-state index contributed by atoms with van der Waals surface area (Å²) in [6.07, 6.45) is -0.598. The number of carbonyl (C=O) groups is 1. The lowest BCUT2D eigenvalue weighted by atomic mass is 10.0. The number of thiophene rings is 1. The average molecular weight is 627 g/mol. The molecule has 0 radical (unpaired) electrons. The Balaban J connectivity index is 0.000000777. The monoisotopic (exact) mass is 626 g/mol. The molecule has 1 aromatic carbocycles. The van der Waals surface area contributed by atoms with E-state index in [0.717, 1.165) is 30.2 Å². The summed E-state index contributed by atoms with van der Waals surface area (Å²) in [7, 11) is 0. The first-order valence-corrected chi connectivity index (χ1v) is 15.6. The molecule has 1 N–H and O–H groups in total. The molecule has 0 bridgehead atoms. The number of aryl methyl sites for hydroxylation is 1. The second-order valence-electron chi connectivity index (χ2n) is 10.5. The number of hydrogen-bond acceptors (Lipinski definition) is 7. The number of halogens is 4. The van der Waals surface area contributed by atoms with Crippen molar-refractivity contribution in [2.24, 2.45) is 0 Å². The molecule has 0 spiro atoms. The molecule has 2 aliphatic heterocycles. The maximum atomic E-state index is 14.6. The SMILES string of the molecule is C=CC(=O)N1C(C)CN(c2nc(=O)n3c4c(c(-c5cc(Cl)cs5)c(C(F)(F)F)cc24)SCCC3)CC1C.OC1CC1. The van der Waals surface area contributed by atoms with Crippen LogP contribution in [-0.4, -0.2) is 62.5 Å². The topological polar surface area (TPSA) is 78.7 Å². The number of amides is 1. The highest BCUT2D eigenvalue weighted by Gasteiger charge is 2.39. The van der Waals surface area contributed by atoms with Gasteiger partial charge in [0.2, 0.25) is 5.91 Å². The van der Waals surface area contributed by atoms with Gasteiger partial charge in [0.15, 0.2) is 0 Å². The van der Waals surface area contributed by atoms with Crippen molar-refractivity contribution in [1.29, 1.82) is 0 Å². The van der Waals surface area contributed by atoms with Crippen LogP contribution in [-0.2, 0) is 17.5 Å². The van der Waals surface area contributed by atoms with Gasteiger partial charge in [-0.3, -0.25) is 9.36 Å². The van der Waals surface area contributed by atoms with Gasteiger partial charge < -0.3 is 14.9 Å². The molecule has 1 saturated carbocycles. The van der Waals surface area contributed by atoms with Crippen LogP contribution in [0.25, 0.3) is 21.3 Å². The Labute approximate surface area is 248 Å². The average Bonchev–Trinajstić information content (AvgIpc) is 3.63. The molecule has 2 atom stereocenters. The Bertz CT molecular complexity index is 1540. The molecule has 6 rings (SSSR count). The standard InChI is InChI=1S/C25H24ClF3N4O2S2.C3H6O/c1-4-19(34)33-13(2)10-31(11-14(33)3)23-16-9-17(25(27,28)29)20(18-8-15(26)12-37-18)22-21(16)32(24(35)30-23)6-5-7-36-22;4-3-1-2-3/h4,8-9,12-14H,1,5-7,10-11H2,2-3H3;3-4H,1-2H2. The quantitative estimate of drug-likeness (QED) is 0.357. The van der Waals surface area contributed by atoms with Crippen molar-refractivity contribution in [2.45, 2.75) is 68.9 Å². The number of aliphatic hydroxyl groups excluding tert-OH is 1. The summed E-state index contributed by atoms with van der Waals surface area (Å²) in [5, 5.41) is 10.4. The summed E-state index contributed by atoms with van der Waals surface area (Å²) in [4.78, 5) is 34.3. The third kappa shape index (κ3) is 6.02. The zero-order valence-corrected chi connectivity index (χ0v) is 25.0. The van der Waals surface area contributed by atoms with E-state index in [-0.39, 0.29) is 40.9 Å². The number of piperazine rings is 1. The normalized spacial score (nSPS) is 20.9. The maximum absolute atomic E-state index is 14.6. The summed E-state index contributed by atoms with van der Waals surface area (Å²) in [5.74, 6) is 0.566. The number of benzene rings is 1. The van der Waals surface area contributed by atoms with Gasteiger partial charge in [-0.1, -0.05) is 18.2 Å². The predicted molar refractivity (Wildman–Crippen MR) is 158 cm³/mol. The zero-order valence-electron chi connectivity index (χ0n) is 22.6.